The zero-order valence-electron chi connectivity index (χ0n) is 9.19. The molecule has 1 aromatic heterocycles. The Labute approximate surface area is 104 Å². The smallest absolute Gasteiger partial charge is 0.240 e. The third-order valence-corrected chi connectivity index (χ3v) is 2.39. The molecule has 0 atom stereocenters. The highest BCUT2D eigenvalue weighted by molar-refractivity contribution is 6.30. The molecule has 0 saturated carbocycles. The Hall–Kier alpha value is -1.65. The first-order valence-corrected chi connectivity index (χ1v) is 5.57. The topological polar surface area (TPSA) is 51.0 Å². The number of hydrogen-bond donors (Lipinski definition) is 1. The average Bonchev–Trinajstić information content (AvgIpc) is 2.79. The zero-order valence-corrected chi connectivity index (χ0v) is 9.94. The Morgan fingerprint density at radius 2 is 2.12 bits per heavy atom. The van der Waals surface area contributed by atoms with Crippen LogP contribution in [0.5, 0.6) is 0 Å². The predicted octanol–water partition coefficient (Wildman–Crippen LogP) is 2.67. The van der Waals surface area contributed by atoms with Gasteiger partial charge in [0.05, 0.1) is 6.54 Å². The first-order chi connectivity index (χ1) is 8.29. The van der Waals surface area contributed by atoms with Gasteiger partial charge in [-0.3, -0.25) is 0 Å². The third kappa shape index (κ3) is 3.15. The summed E-state index contributed by atoms with van der Waals surface area (Å²) in [5, 5.41) is 7.67. The molecule has 1 N–H and O–H groups in total. The highest BCUT2D eigenvalue weighted by atomic mass is 35.5. The molecule has 0 bridgehead atoms. The second-order valence-corrected chi connectivity index (χ2v) is 3.87. The normalized spacial score (nSPS) is 10.4. The van der Waals surface area contributed by atoms with E-state index in [0.29, 0.717) is 29.8 Å². The van der Waals surface area contributed by atoms with Crippen molar-refractivity contribution in [2.45, 2.75) is 6.54 Å². The van der Waals surface area contributed by atoms with Gasteiger partial charge in [-0.15, -0.1) is 6.58 Å². The van der Waals surface area contributed by atoms with Crippen molar-refractivity contribution in [1.29, 1.82) is 0 Å². The molecule has 17 heavy (non-hydrogen) atoms. The van der Waals surface area contributed by atoms with E-state index in [1.54, 1.807) is 18.2 Å². The third-order valence-electron chi connectivity index (χ3n) is 2.14. The molecule has 88 valence electrons. The van der Waals surface area contributed by atoms with E-state index < -0.39 is 0 Å². The average molecular weight is 250 g/mol. The van der Waals surface area contributed by atoms with Gasteiger partial charge in [-0.05, 0) is 24.3 Å². The Kier molecular flexibility index (Phi) is 3.90. The van der Waals surface area contributed by atoms with Gasteiger partial charge < -0.3 is 9.84 Å². The number of benzene rings is 1. The standard InChI is InChI=1S/C12H12ClN3O/c1-2-7-14-8-11-15-12(16-17-11)9-3-5-10(13)6-4-9/h2-6,14H,1,7-8H2. The number of hydrogen-bond acceptors (Lipinski definition) is 4. The molecule has 0 aliphatic carbocycles. The molecule has 0 unspecified atom stereocenters. The van der Waals surface area contributed by atoms with Crippen LogP contribution >= 0.6 is 11.6 Å². The van der Waals surface area contributed by atoms with Crippen LogP contribution in [-0.2, 0) is 6.54 Å². The van der Waals surface area contributed by atoms with Gasteiger partial charge in [-0.25, -0.2) is 0 Å². The van der Waals surface area contributed by atoms with Gasteiger partial charge in [-0.1, -0.05) is 22.8 Å². The number of halogens is 1. The molecule has 0 radical (unpaired) electrons. The van der Waals surface area contributed by atoms with Crippen LogP contribution < -0.4 is 5.32 Å². The largest absolute Gasteiger partial charge is 0.338 e. The maximum absolute atomic E-state index is 5.81. The van der Waals surface area contributed by atoms with Crippen LogP contribution in [0.2, 0.25) is 5.02 Å². The molecule has 4 nitrogen and oxygen atoms in total. The highest BCUT2D eigenvalue weighted by Crippen LogP contribution is 2.18. The molecule has 5 heteroatoms. The molecule has 1 aromatic carbocycles. The van der Waals surface area contributed by atoms with Crippen molar-refractivity contribution in [3.63, 3.8) is 0 Å². The zero-order chi connectivity index (χ0) is 12.1. The van der Waals surface area contributed by atoms with E-state index in [2.05, 4.69) is 22.0 Å². The predicted molar refractivity (Wildman–Crippen MR) is 66.6 cm³/mol. The van der Waals surface area contributed by atoms with Crippen LogP contribution in [0.1, 0.15) is 5.89 Å². The molecule has 0 spiro atoms. The van der Waals surface area contributed by atoms with Gasteiger partial charge in [0, 0.05) is 17.1 Å². The first kappa shape index (κ1) is 11.8. The molecule has 0 aliphatic rings. The van der Waals surface area contributed by atoms with Crippen molar-refractivity contribution in [2.75, 3.05) is 6.54 Å². The van der Waals surface area contributed by atoms with Gasteiger partial charge in [0.25, 0.3) is 0 Å². The summed E-state index contributed by atoms with van der Waals surface area (Å²) < 4.78 is 5.10. The molecule has 2 rings (SSSR count). The minimum Gasteiger partial charge on any atom is -0.338 e. The molecular weight excluding hydrogens is 238 g/mol. The summed E-state index contributed by atoms with van der Waals surface area (Å²) in [5.74, 6) is 1.12. The van der Waals surface area contributed by atoms with E-state index in [0.717, 1.165) is 5.56 Å². The summed E-state index contributed by atoms with van der Waals surface area (Å²) in [6.45, 7) is 4.85. The van der Waals surface area contributed by atoms with E-state index >= 15 is 0 Å². The molecule has 0 saturated heterocycles. The minimum atomic E-state index is 0.534. The molecule has 2 aromatic rings. The Morgan fingerprint density at radius 3 is 2.82 bits per heavy atom. The van der Waals surface area contributed by atoms with Crippen molar-refractivity contribution >= 4 is 11.6 Å². The first-order valence-electron chi connectivity index (χ1n) is 5.20. The molecule has 0 fully saturated rings. The van der Waals surface area contributed by atoms with Crippen molar-refractivity contribution in [2.24, 2.45) is 0 Å². The maximum Gasteiger partial charge on any atom is 0.240 e. The van der Waals surface area contributed by atoms with Crippen LogP contribution in [0.4, 0.5) is 0 Å². The summed E-state index contributed by atoms with van der Waals surface area (Å²) in [5.41, 5.74) is 0.883. The van der Waals surface area contributed by atoms with Crippen molar-refractivity contribution in [3.8, 4) is 11.4 Å². The summed E-state index contributed by atoms with van der Waals surface area (Å²) in [4.78, 5) is 4.26. The van der Waals surface area contributed by atoms with Crippen LogP contribution in [0, 0.1) is 0 Å². The van der Waals surface area contributed by atoms with Gasteiger partial charge in [0.1, 0.15) is 0 Å². The van der Waals surface area contributed by atoms with Crippen LogP contribution in [0.15, 0.2) is 41.4 Å². The van der Waals surface area contributed by atoms with Gasteiger partial charge in [0.15, 0.2) is 0 Å². The number of nitrogens with one attached hydrogen (secondary N) is 1. The quantitative estimate of drug-likeness (QED) is 0.654. The lowest BCUT2D eigenvalue weighted by Gasteiger charge is -1.94. The molecular formula is C12H12ClN3O. The lowest BCUT2D eigenvalue weighted by Crippen LogP contribution is -2.12. The van der Waals surface area contributed by atoms with Gasteiger partial charge >= 0.3 is 0 Å². The summed E-state index contributed by atoms with van der Waals surface area (Å²) in [6.07, 6.45) is 1.77. The fourth-order valence-corrected chi connectivity index (χ4v) is 1.45. The Balaban J connectivity index is 2.07. The van der Waals surface area contributed by atoms with Crippen molar-refractivity contribution < 1.29 is 4.52 Å². The summed E-state index contributed by atoms with van der Waals surface area (Å²) >= 11 is 5.81. The number of aromatic nitrogens is 2. The maximum atomic E-state index is 5.81. The van der Waals surface area contributed by atoms with E-state index in [1.807, 2.05) is 12.1 Å². The summed E-state index contributed by atoms with van der Waals surface area (Å²) in [7, 11) is 0. The second kappa shape index (κ2) is 5.61. The van der Waals surface area contributed by atoms with Gasteiger partial charge in [0.2, 0.25) is 11.7 Å². The van der Waals surface area contributed by atoms with E-state index in [9.17, 15) is 0 Å². The highest BCUT2D eigenvalue weighted by Gasteiger charge is 2.07. The Morgan fingerprint density at radius 1 is 1.35 bits per heavy atom. The monoisotopic (exact) mass is 249 g/mol. The number of nitrogens with zero attached hydrogens (tertiary/aromatic N) is 2. The van der Waals surface area contributed by atoms with Crippen LogP contribution in [-0.4, -0.2) is 16.7 Å². The van der Waals surface area contributed by atoms with E-state index in [1.165, 1.54) is 0 Å². The fraction of sp³-hybridized carbons (Fsp3) is 0.167. The molecule has 0 amide bonds. The Bertz CT molecular complexity index is 493. The van der Waals surface area contributed by atoms with Crippen molar-refractivity contribution in [1.82, 2.24) is 15.5 Å². The SMILES string of the molecule is C=CCNCc1nc(-c2ccc(Cl)cc2)no1. The van der Waals surface area contributed by atoms with E-state index in [4.69, 9.17) is 16.1 Å². The number of rotatable bonds is 5. The lowest BCUT2D eigenvalue weighted by atomic mass is 10.2. The van der Waals surface area contributed by atoms with Crippen LogP contribution in [0.3, 0.4) is 0 Å². The lowest BCUT2D eigenvalue weighted by molar-refractivity contribution is 0.370. The van der Waals surface area contributed by atoms with Gasteiger partial charge in [-0.2, -0.15) is 4.98 Å². The molecule has 1 heterocycles. The minimum absolute atomic E-state index is 0.534. The second-order valence-electron chi connectivity index (χ2n) is 3.44. The van der Waals surface area contributed by atoms with Crippen LogP contribution in [0.25, 0.3) is 11.4 Å². The fourth-order valence-electron chi connectivity index (χ4n) is 1.32. The van der Waals surface area contributed by atoms with E-state index in [-0.39, 0.29) is 0 Å². The van der Waals surface area contributed by atoms with Crippen molar-refractivity contribution in [3.05, 3.63) is 47.8 Å². The molecule has 0 aliphatic heterocycles. The summed E-state index contributed by atoms with van der Waals surface area (Å²) in [6, 6.07) is 7.30.